The zero-order valence-electron chi connectivity index (χ0n) is 13.3. The van der Waals surface area contributed by atoms with Gasteiger partial charge < -0.3 is 13.7 Å². The number of benzene rings is 1. The fraction of sp³-hybridized carbons (Fsp3) is 0.125. The van der Waals surface area contributed by atoms with Crippen molar-refractivity contribution in [3.8, 4) is 18.1 Å². The van der Waals surface area contributed by atoms with E-state index >= 15 is 0 Å². The Morgan fingerprint density at radius 1 is 1.50 bits per heavy atom. The normalized spacial score (nSPS) is 11.5. The molecular weight excluding hydrogens is 382 g/mol. The molecule has 3 rings (SSSR count). The molecule has 132 valence electrons. The maximum Gasteiger partial charge on any atom is 0.433 e. The van der Waals surface area contributed by atoms with Gasteiger partial charge in [-0.2, -0.15) is 4.99 Å². The number of amides is 1. The van der Waals surface area contributed by atoms with E-state index in [-0.39, 0.29) is 17.1 Å². The molecule has 0 aliphatic carbocycles. The Kier molecular flexibility index (Phi) is 4.79. The molecule has 8 nitrogen and oxygen atoms in total. The number of nitro groups is 1. The molecule has 2 heterocycles. The molecule has 26 heavy (non-hydrogen) atoms. The number of furan rings is 1. The predicted octanol–water partition coefficient (Wildman–Crippen LogP) is 3.24. The summed E-state index contributed by atoms with van der Waals surface area (Å²) in [5.74, 6) is 1.45. The first-order valence-corrected chi connectivity index (χ1v) is 8.28. The molecular formula is C16H10ClN3O5S. The molecule has 2 aromatic heterocycles. The van der Waals surface area contributed by atoms with Gasteiger partial charge in [0.1, 0.15) is 16.2 Å². The van der Waals surface area contributed by atoms with Crippen LogP contribution in [0.4, 0.5) is 5.88 Å². The van der Waals surface area contributed by atoms with Gasteiger partial charge in [0.2, 0.25) is 5.76 Å². The topological polar surface area (TPSA) is 99.9 Å². The highest BCUT2D eigenvalue weighted by molar-refractivity contribution is 7.17. The van der Waals surface area contributed by atoms with Gasteiger partial charge in [0, 0.05) is 0 Å². The Balaban J connectivity index is 2.20. The van der Waals surface area contributed by atoms with Crippen molar-refractivity contribution in [2.45, 2.75) is 6.54 Å². The number of hydrogen-bond acceptors (Lipinski definition) is 6. The number of rotatable bonds is 4. The molecule has 3 aromatic rings. The Morgan fingerprint density at radius 2 is 2.27 bits per heavy atom. The highest BCUT2D eigenvalue weighted by Crippen LogP contribution is 2.33. The largest absolute Gasteiger partial charge is 0.495 e. The summed E-state index contributed by atoms with van der Waals surface area (Å²) in [7, 11) is 1.50. The summed E-state index contributed by atoms with van der Waals surface area (Å²) in [5, 5.41) is 11.1. The SMILES string of the molecule is C#CCn1c(=NC(=O)c2ccc([N+](=O)[O-])o2)sc2c(Cl)ccc(OC)c21. The summed E-state index contributed by atoms with van der Waals surface area (Å²) in [6, 6.07) is 5.63. The molecule has 10 heteroatoms. The summed E-state index contributed by atoms with van der Waals surface area (Å²) < 4.78 is 12.5. The van der Waals surface area contributed by atoms with Gasteiger partial charge in [0.15, 0.2) is 4.80 Å². The van der Waals surface area contributed by atoms with E-state index in [1.54, 1.807) is 16.7 Å². The van der Waals surface area contributed by atoms with Crippen LogP contribution in [0, 0.1) is 22.5 Å². The van der Waals surface area contributed by atoms with Gasteiger partial charge in [-0.1, -0.05) is 28.9 Å². The van der Waals surface area contributed by atoms with Crippen LogP contribution in [-0.4, -0.2) is 22.5 Å². The van der Waals surface area contributed by atoms with E-state index in [1.807, 2.05) is 0 Å². The number of hydrogen-bond donors (Lipinski definition) is 0. The molecule has 0 bridgehead atoms. The van der Waals surface area contributed by atoms with Crippen molar-refractivity contribution in [2.24, 2.45) is 4.99 Å². The quantitative estimate of drug-likeness (QED) is 0.386. The molecule has 0 unspecified atom stereocenters. The van der Waals surface area contributed by atoms with Crippen LogP contribution in [0.25, 0.3) is 10.2 Å². The number of fused-ring (bicyclic) bond motifs is 1. The molecule has 1 aromatic carbocycles. The lowest BCUT2D eigenvalue weighted by atomic mass is 10.3. The molecule has 0 fully saturated rings. The van der Waals surface area contributed by atoms with E-state index in [0.29, 0.717) is 21.0 Å². The fourth-order valence-corrected chi connectivity index (χ4v) is 3.61. The minimum atomic E-state index is -0.773. The maximum absolute atomic E-state index is 12.3. The lowest BCUT2D eigenvalue weighted by molar-refractivity contribution is -0.402. The van der Waals surface area contributed by atoms with E-state index < -0.39 is 16.7 Å². The molecule has 0 N–H and O–H groups in total. The number of carbonyl (C=O) groups is 1. The first-order chi connectivity index (χ1) is 12.5. The van der Waals surface area contributed by atoms with Crippen LogP contribution in [-0.2, 0) is 6.54 Å². The number of terminal acetylenes is 1. The van der Waals surface area contributed by atoms with Crippen molar-refractivity contribution < 1.29 is 18.9 Å². The summed E-state index contributed by atoms with van der Waals surface area (Å²) in [6.07, 6.45) is 5.43. The number of thiazole rings is 1. The van der Waals surface area contributed by atoms with Crippen molar-refractivity contribution in [3.05, 3.63) is 50.0 Å². The van der Waals surface area contributed by atoms with Crippen LogP contribution in [0.15, 0.2) is 33.7 Å². The van der Waals surface area contributed by atoms with Crippen molar-refractivity contribution in [1.29, 1.82) is 0 Å². The van der Waals surface area contributed by atoms with Gasteiger partial charge in [-0.15, -0.1) is 6.42 Å². The summed E-state index contributed by atoms with van der Waals surface area (Å²) >= 11 is 7.38. The second kappa shape index (κ2) is 7.03. The van der Waals surface area contributed by atoms with Crippen molar-refractivity contribution >= 4 is 44.9 Å². The molecule has 0 aliphatic rings. The van der Waals surface area contributed by atoms with Gasteiger partial charge in [-0.3, -0.25) is 14.9 Å². The number of ether oxygens (including phenoxy) is 1. The Morgan fingerprint density at radius 3 is 2.88 bits per heavy atom. The fourth-order valence-electron chi connectivity index (χ4n) is 2.29. The van der Waals surface area contributed by atoms with Gasteiger partial charge >= 0.3 is 11.8 Å². The van der Waals surface area contributed by atoms with E-state index in [9.17, 15) is 14.9 Å². The van der Waals surface area contributed by atoms with Crippen molar-refractivity contribution in [3.63, 3.8) is 0 Å². The zero-order chi connectivity index (χ0) is 18.8. The van der Waals surface area contributed by atoms with Gasteiger partial charge in [0.25, 0.3) is 0 Å². The zero-order valence-corrected chi connectivity index (χ0v) is 14.8. The van der Waals surface area contributed by atoms with E-state index in [1.165, 1.54) is 13.2 Å². The van der Waals surface area contributed by atoms with Crippen LogP contribution in [0.3, 0.4) is 0 Å². The average molecular weight is 392 g/mol. The lowest BCUT2D eigenvalue weighted by Crippen LogP contribution is -2.16. The average Bonchev–Trinajstić information content (AvgIpc) is 3.23. The first kappa shape index (κ1) is 17.7. The van der Waals surface area contributed by atoms with E-state index in [4.69, 9.17) is 27.2 Å². The van der Waals surface area contributed by atoms with Gasteiger partial charge in [0.05, 0.1) is 29.4 Å². The van der Waals surface area contributed by atoms with Gasteiger partial charge in [-0.25, -0.2) is 0 Å². The third-order valence-electron chi connectivity index (χ3n) is 3.39. The van der Waals surface area contributed by atoms with E-state index in [2.05, 4.69) is 10.9 Å². The van der Waals surface area contributed by atoms with Crippen LogP contribution in [0.2, 0.25) is 5.02 Å². The smallest absolute Gasteiger partial charge is 0.433 e. The summed E-state index contributed by atoms with van der Waals surface area (Å²) in [4.78, 5) is 26.5. The van der Waals surface area contributed by atoms with Crippen LogP contribution < -0.4 is 9.54 Å². The highest BCUT2D eigenvalue weighted by Gasteiger charge is 2.19. The predicted molar refractivity (Wildman–Crippen MR) is 95.5 cm³/mol. The number of aromatic nitrogens is 1. The minimum absolute atomic E-state index is 0.126. The molecule has 0 atom stereocenters. The maximum atomic E-state index is 12.3. The molecule has 0 radical (unpaired) electrons. The number of nitrogens with zero attached hydrogens (tertiary/aromatic N) is 3. The third-order valence-corrected chi connectivity index (χ3v) is 4.93. The molecule has 1 amide bonds. The van der Waals surface area contributed by atoms with E-state index in [0.717, 1.165) is 17.4 Å². The molecule has 0 saturated carbocycles. The summed E-state index contributed by atoms with van der Waals surface area (Å²) in [6.45, 7) is 0.126. The number of methoxy groups -OCH3 is 1. The number of halogens is 1. The third kappa shape index (κ3) is 3.08. The Labute approximate surface area is 155 Å². The van der Waals surface area contributed by atoms with Crippen LogP contribution in [0.5, 0.6) is 5.75 Å². The first-order valence-electron chi connectivity index (χ1n) is 7.08. The second-order valence-corrected chi connectivity index (χ2v) is 6.30. The highest BCUT2D eigenvalue weighted by atomic mass is 35.5. The lowest BCUT2D eigenvalue weighted by Gasteiger charge is -2.06. The monoisotopic (exact) mass is 391 g/mol. The number of carbonyl (C=O) groups excluding carboxylic acids is 1. The molecule has 0 aliphatic heterocycles. The van der Waals surface area contributed by atoms with Gasteiger partial charge in [-0.05, 0) is 18.2 Å². The van der Waals surface area contributed by atoms with Crippen molar-refractivity contribution in [2.75, 3.05) is 7.11 Å². The minimum Gasteiger partial charge on any atom is -0.495 e. The Hall–Kier alpha value is -3.09. The molecule has 0 spiro atoms. The Bertz CT molecular complexity index is 1140. The van der Waals surface area contributed by atoms with Crippen molar-refractivity contribution in [1.82, 2.24) is 4.57 Å². The second-order valence-electron chi connectivity index (χ2n) is 4.91. The van der Waals surface area contributed by atoms with Crippen LogP contribution >= 0.6 is 22.9 Å². The molecule has 0 saturated heterocycles. The standard InChI is InChI=1S/C16H10ClN3O5S/c1-3-8-19-13-10(24-2)5-4-9(17)14(13)26-16(19)18-15(21)11-6-7-12(25-11)20(22)23/h1,4-7H,8H2,2H3. The van der Waals surface area contributed by atoms with Crippen LogP contribution in [0.1, 0.15) is 10.6 Å². The summed E-state index contributed by atoms with van der Waals surface area (Å²) in [5.41, 5.74) is 0.611.